The normalized spacial score (nSPS) is 10.6. The summed E-state index contributed by atoms with van der Waals surface area (Å²) < 4.78 is 12.0. The van der Waals surface area contributed by atoms with E-state index in [0.717, 1.165) is 44.3 Å². The molecule has 0 saturated heterocycles. The maximum Gasteiger partial charge on any atom is 0.182 e. The van der Waals surface area contributed by atoms with Gasteiger partial charge in [-0.05, 0) is 24.3 Å². The van der Waals surface area contributed by atoms with Crippen LogP contribution in [-0.2, 0) is 0 Å². The fourth-order valence-electron chi connectivity index (χ4n) is 2.94. The first-order valence-corrected chi connectivity index (χ1v) is 11.3. The van der Waals surface area contributed by atoms with E-state index in [1.807, 2.05) is 73.4 Å². The van der Waals surface area contributed by atoms with E-state index in [9.17, 15) is 0 Å². The van der Waals surface area contributed by atoms with Crippen LogP contribution in [0.5, 0.6) is 11.5 Å². The summed E-state index contributed by atoms with van der Waals surface area (Å²) in [5, 5.41) is 11.9. The maximum atomic E-state index is 6.02. The molecule has 30 heavy (non-hydrogen) atoms. The molecule has 2 aromatic carbocycles. The van der Waals surface area contributed by atoms with Crippen LogP contribution in [-0.4, -0.2) is 37.3 Å². The second-order valence-corrected chi connectivity index (χ2v) is 7.98. The predicted octanol–water partition coefficient (Wildman–Crippen LogP) is 5.47. The highest BCUT2D eigenvalue weighted by atomic mass is 32.1. The van der Waals surface area contributed by atoms with E-state index >= 15 is 0 Å². The third kappa shape index (κ3) is 4.55. The number of ether oxygens (including phenoxy) is 2. The summed E-state index contributed by atoms with van der Waals surface area (Å²) in [7, 11) is 3.73. The standard InChI is InChI=1S/C22H22N4O2S2/c1-23-21-25-17(13-29-21)15-7-3-5-9-19(15)27-11-12-28-20-10-6-4-8-16(20)18-14-30-22(24-2)26-18/h3-10,13-14H,11-12H2,1-2H3,(H,23,25)(H,24,26). The molecule has 0 radical (unpaired) electrons. The number of hydrogen-bond donors (Lipinski definition) is 2. The summed E-state index contributed by atoms with van der Waals surface area (Å²) in [5.41, 5.74) is 3.74. The number of thiazole rings is 2. The van der Waals surface area contributed by atoms with Crippen molar-refractivity contribution >= 4 is 32.9 Å². The van der Waals surface area contributed by atoms with E-state index in [4.69, 9.17) is 9.47 Å². The molecule has 0 fully saturated rings. The first-order valence-electron chi connectivity index (χ1n) is 9.49. The number of hydrogen-bond acceptors (Lipinski definition) is 8. The van der Waals surface area contributed by atoms with Crippen molar-refractivity contribution in [2.24, 2.45) is 0 Å². The van der Waals surface area contributed by atoms with Gasteiger partial charge in [0, 0.05) is 36.0 Å². The SMILES string of the molecule is CNc1nc(-c2ccccc2OCCOc2ccccc2-c2csc(NC)n2)cs1. The Kier molecular flexibility index (Phi) is 6.46. The van der Waals surface area contributed by atoms with Crippen LogP contribution in [0.25, 0.3) is 22.5 Å². The molecule has 0 aliphatic heterocycles. The van der Waals surface area contributed by atoms with Gasteiger partial charge in [0.1, 0.15) is 24.7 Å². The Balaban J connectivity index is 1.41. The van der Waals surface area contributed by atoms with E-state index < -0.39 is 0 Å². The van der Waals surface area contributed by atoms with Crippen molar-refractivity contribution in [3.05, 3.63) is 59.3 Å². The van der Waals surface area contributed by atoms with Crippen molar-refractivity contribution in [1.82, 2.24) is 9.97 Å². The summed E-state index contributed by atoms with van der Waals surface area (Å²) in [6.45, 7) is 0.848. The van der Waals surface area contributed by atoms with Crippen LogP contribution in [0.4, 0.5) is 10.3 Å². The van der Waals surface area contributed by atoms with Crippen LogP contribution in [0.15, 0.2) is 59.3 Å². The van der Waals surface area contributed by atoms with Gasteiger partial charge in [0.2, 0.25) is 0 Å². The molecule has 8 heteroatoms. The van der Waals surface area contributed by atoms with Crippen molar-refractivity contribution in [2.45, 2.75) is 0 Å². The summed E-state index contributed by atoms with van der Waals surface area (Å²) in [4.78, 5) is 9.15. The minimum absolute atomic E-state index is 0.424. The van der Waals surface area contributed by atoms with E-state index in [1.54, 1.807) is 22.7 Å². The van der Waals surface area contributed by atoms with Crippen LogP contribution in [0.1, 0.15) is 0 Å². The van der Waals surface area contributed by atoms with Gasteiger partial charge in [0.15, 0.2) is 10.3 Å². The number of benzene rings is 2. The smallest absolute Gasteiger partial charge is 0.182 e. The lowest BCUT2D eigenvalue weighted by atomic mass is 10.1. The zero-order chi connectivity index (χ0) is 20.8. The first-order chi connectivity index (χ1) is 14.8. The number of rotatable bonds is 9. The Morgan fingerprint density at radius 3 is 1.53 bits per heavy atom. The van der Waals surface area contributed by atoms with Gasteiger partial charge < -0.3 is 20.1 Å². The summed E-state index contributed by atoms with van der Waals surface area (Å²) >= 11 is 3.14. The molecule has 6 nitrogen and oxygen atoms in total. The molecular formula is C22H22N4O2S2. The topological polar surface area (TPSA) is 68.3 Å². The highest BCUT2D eigenvalue weighted by molar-refractivity contribution is 7.14. The molecule has 4 rings (SSSR count). The fourth-order valence-corrected chi connectivity index (χ4v) is 4.28. The fraction of sp³-hybridized carbons (Fsp3) is 0.182. The lowest BCUT2D eigenvalue weighted by Crippen LogP contribution is -2.10. The third-order valence-electron chi connectivity index (χ3n) is 4.36. The van der Waals surface area contributed by atoms with Gasteiger partial charge in [-0.2, -0.15) is 0 Å². The summed E-state index contributed by atoms with van der Waals surface area (Å²) in [5.74, 6) is 1.58. The van der Waals surface area contributed by atoms with Crippen LogP contribution in [0.3, 0.4) is 0 Å². The molecule has 0 spiro atoms. The van der Waals surface area contributed by atoms with Gasteiger partial charge >= 0.3 is 0 Å². The minimum Gasteiger partial charge on any atom is -0.489 e. The molecule has 0 amide bonds. The molecule has 0 unspecified atom stereocenters. The van der Waals surface area contributed by atoms with E-state index in [0.29, 0.717) is 13.2 Å². The Bertz CT molecular complexity index is 1020. The van der Waals surface area contributed by atoms with Gasteiger partial charge in [-0.3, -0.25) is 0 Å². The van der Waals surface area contributed by atoms with Crippen LogP contribution in [0.2, 0.25) is 0 Å². The summed E-state index contributed by atoms with van der Waals surface area (Å²) in [6.07, 6.45) is 0. The largest absolute Gasteiger partial charge is 0.489 e. The van der Waals surface area contributed by atoms with E-state index in [1.165, 1.54) is 0 Å². The Morgan fingerprint density at radius 2 is 1.13 bits per heavy atom. The second-order valence-electron chi connectivity index (χ2n) is 6.27. The highest BCUT2D eigenvalue weighted by Gasteiger charge is 2.11. The van der Waals surface area contributed by atoms with Gasteiger partial charge in [-0.15, -0.1) is 22.7 Å². The lowest BCUT2D eigenvalue weighted by Gasteiger charge is -2.13. The van der Waals surface area contributed by atoms with Crippen LogP contribution < -0.4 is 20.1 Å². The summed E-state index contributed by atoms with van der Waals surface area (Å²) in [6, 6.07) is 15.8. The average Bonchev–Trinajstić information content (AvgIpc) is 3.47. The molecule has 154 valence electrons. The molecule has 0 aliphatic carbocycles. The molecule has 0 saturated carbocycles. The number of anilines is 2. The quantitative estimate of drug-likeness (QED) is 0.338. The molecule has 0 bridgehead atoms. The molecular weight excluding hydrogens is 416 g/mol. The van der Waals surface area contributed by atoms with Gasteiger partial charge in [-0.1, -0.05) is 24.3 Å². The zero-order valence-corrected chi connectivity index (χ0v) is 18.3. The number of para-hydroxylation sites is 2. The molecule has 4 aromatic rings. The highest BCUT2D eigenvalue weighted by Crippen LogP contribution is 2.33. The van der Waals surface area contributed by atoms with E-state index in [2.05, 4.69) is 20.6 Å². The first kappa shape index (κ1) is 20.2. The van der Waals surface area contributed by atoms with Crippen molar-refractivity contribution < 1.29 is 9.47 Å². The van der Waals surface area contributed by atoms with Crippen molar-refractivity contribution in [3.8, 4) is 34.0 Å². The van der Waals surface area contributed by atoms with Gasteiger partial charge in [0.05, 0.1) is 11.4 Å². The zero-order valence-electron chi connectivity index (χ0n) is 16.7. The van der Waals surface area contributed by atoms with Gasteiger partial charge in [0.25, 0.3) is 0 Å². The second kappa shape index (κ2) is 9.60. The van der Waals surface area contributed by atoms with Crippen molar-refractivity contribution in [2.75, 3.05) is 37.9 Å². The lowest BCUT2D eigenvalue weighted by molar-refractivity contribution is 0.218. The molecule has 0 atom stereocenters. The van der Waals surface area contributed by atoms with Crippen molar-refractivity contribution in [3.63, 3.8) is 0 Å². The van der Waals surface area contributed by atoms with E-state index in [-0.39, 0.29) is 0 Å². The molecule has 2 heterocycles. The maximum absolute atomic E-state index is 6.02. The van der Waals surface area contributed by atoms with Crippen LogP contribution >= 0.6 is 22.7 Å². The Hall–Kier alpha value is -3.10. The Labute approximate surface area is 183 Å². The number of aromatic nitrogens is 2. The average molecular weight is 439 g/mol. The number of nitrogens with zero attached hydrogens (tertiary/aromatic N) is 2. The monoisotopic (exact) mass is 438 g/mol. The molecule has 2 aromatic heterocycles. The molecule has 2 N–H and O–H groups in total. The van der Waals surface area contributed by atoms with Crippen LogP contribution in [0, 0.1) is 0 Å². The molecule has 0 aliphatic rings. The Morgan fingerprint density at radius 1 is 0.700 bits per heavy atom. The predicted molar refractivity (Wildman–Crippen MR) is 125 cm³/mol. The van der Waals surface area contributed by atoms with Gasteiger partial charge in [-0.25, -0.2) is 9.97 Å². The third-order valence-corrected chi connectivity index (χ3v) is 6.08. The minimum atomic E-state index is 0.424. The van der Waals surface area contributed by atoms with Crippen molar-refractivity contribution in [1.29, 1.82) is 0 Å². The number of nitrogens with one attached hydrogen (secondary N) is 2.